The van der Waals surface area contributed by atoms with Gasteiger partial charge in [0.2, 0.25) is 11.7 Å². The summed E-state index contributed by atoms with van der Waals surface area (Å²) in [6.07, 6.45) is 1.27. The predicted octanol–water partition coefficient (Wildman–Crippen LogP) is 1.65. The molecule has 0 fully saturated rings. The largest absolute Gasteiger partial charge is 0.497 e. The van der Waals surface area contributed by atoms with E-state index in [-0.39, 0.29) is 29.0 Å². The van der Waals surface area contributed by atoms with E-state index in [1.807, 2.05) is 0 Å². The summed E-state index contributed by atoms with van der Waals surface area (Å²) in [5.41, 5.74) is 12.3. The number of benzene rings is 1. The maximum Gasteiger partial charge on any atom is 0.259 e. The van der Waals surface area contributed by atoms with Gasteiger partial charge in [-0.2, -0.15) is 9.97 Å². The molecule has 2 heterocycles. The molecule has 5 N–H and O–H groups in total. The Morgan fingerprint density at radius 1 is 1.23 bits per heavy atom. The van der Waals surface area contributed by atoms with Gasteiger partial charge in [0.15, 0.2) is 0 Å². The number of hydrogen-bond donors (Lipinski definition) is 3. The molecule has 0 spiro atoms. The number of carbonyl (C=O) groups is 1. The van der Waals surface area contributed by atoms with Crippen molar-refractivity contribution in [3.63, 3.8) is 0 Å². The summed E-state index contributed by atoms with van der Waals surface area (Å²) in [6.45, 7) is 0. The zero-order valence-corrected chi connectivity index (χ0v) is 11.7. The van der Waals surface area contributed by atoms with Crippen LogP contribution in [0.15, 0.2) is 34.9 Å². The molecule has 112 valence electrons. The van der Waals surface area contributed by atoms with Crippen LogP contribution in [0.25, 0.3) is 11.1 Å². The van der Waals surface area contributed by atoms with E-state index in [0.717, 1.165) is 0 Å². The molecule has 1 aromatic carbocycles. The monoisotopic (exact) mass is 299 g/mol. The van der Waals surface area contributed by atoms with Gasteiger partial charge >= 0.3 is 0 Å². The highest BCUT2D eigenvalue weighted by atomic mass is 16.5. The third-order valence-electron chi connectivity index (χ3n) is 3.07. The number of furan rings is 1. The number of anilines is 3. The Kier molecular flexibility index (Phi) is 3.26. The average Bonchev–Trinajstić information content (AvgIpc) is 2.92. The molecule has 8 heteroatoms. The van der Waals surface area contributed by atoms with Gasteiger partial charge in [-0.3, -0.25) is 4.79 Å². The van der Waals surface area contributed by atoms with E-state index in [4.69, 9.17) is 20.6 Å². The molecule has 3 aromatic rings. The van der Waals surface area contributed by atoms with Gasteiger partial charge in [-0.05, 0) is 24.3 Å². The van der Waals surface area contributed by atoms with E-state index >= 15 is 0 Å². The van der Waals surface area contributed by atoms with Crippen molar-refractivity contribution in [3.05, 3.63) is 36.1 Å². The Morgan fingerprint density at radius 3 is 2.64 bits per heavy atom. The standard InChI is InChI=1S/C14H13N5O3/c1-21-8-4-2-7(3-5-8)17-12(20)9-6-22-13-10(9)11(15)18-14(16)19-13/h2-6H,1H3,(H,17,20)(H4,15,16,18,19). The molecule has 0 unspecified atom stereocenters. The summed E-state index contributed by atoms with van der Waals surface area (Å²) in [6, 6.07) is 6.91. The molecule has 0 saturated carbocycles. The summed E-state index contributed by atoms with van der Waals surface area (Å²) in [5, 5.41) is 3.07. The molecule has 22 heavy (non-hydrogen) atoms. The van der Waals surface area contributed by atoms with E-state index in [0.29, 0.717) is 16.8 Å². The smallest absolute Gasteiger partial charge is 0.259 e. The molecule has 3 rings (SSSR count). The van der Waals surface area contributed by atoms with E-state index in [1.54, 1.807) is 31.4 Å². The van der Waals surface area contributed by atoms with E-state index in [9.17, 15) is 4.79 Å². The Morgan fingerprint density at radius 2 is 1.95 bits per heavy atom. The lowest BCUT2D eigenvalue weighted by Gasteiger charge is -2.05. The van der Waals surface area contributed by atoms with Crippen molar-refractivity contribution >= 4 is 34.5 Å². The lowest BCUT2D eigenvalue weighted by atomic mass is 10.2. The Labute approximate surface area is 125 Å². The summed E-state index contributed by atoms with van der Waals surface area (Å²) < 4.78 is 10.3. The van der Waals surface area contributed by atoms with Crippen LogP contribution in [0.2, 0.25) is 0 Å². The average molecular weight is 299 g/mol. The molecule has 2 aromatic heterocycles. The summed E-state index contributed by atoms with van der Waals surface area (Å²) >= 11 is 0. The number of hydrogen-bond acceptors (Lipinski definition) is 7. The van der Waals surface area contributed by atoms with Crippen LogP contribution in [-0.4, -0.2) is 23.0 Å². The van der Waals surface area contributed by atoms with Crippen molar-refractivity contribution in [1.82, 2.24) is 9.97 Å². The number of nitrogens with one attached hydrogen (secondary N) is 1. The minimum absolute atomic E-state index is 0.0125. The molecule has 0 aliphatic carbocycles. The Balaban J connectivity index is 1.92. The molecule has 0 saturated heterocycles. The van der Waals surface area contributed by atoms with Gasteiger partial charge in [-0.25, -0.2) is 0 Å². The quantitative estimate of drug-likeness (QED) is 0.670. The number of fused-ring (bicyclic) bond motifs is 1. The lowest BCUT2D eigenvalue weighted by molar-refractivity contribution is 0.102. The number of nitrogens with zero attached hydrogens (tertiary/aromatic N) is 2. The molecular weight excluding hydrogens is 286 g/mol. The van der Waals surface area contributed by atoms with Gasteiger partial charge in [0.05, 0.1) is 18.1 Å². The van der Waals surface area contributed by atoms with Gasteiger partial charge in [0.25, 0.3) is 5.91 Å². The third-order valence-corrected chi connectivity index (χ3v) is 3.07. The fourth-order valence-electron chi connectivity index (χ4n) is 2.03. The number of amides is 1. The normalized spacial score (nSPS) is 10.6. The van der Waals surface area contributed by atoms with Crippen molar-refractivity contribution in [1.29, 1.82) is 0 Å². The SMILES string of the molecule is COc1ccc(NC(=O)c2coc3nc(N)nc(N)c23)cc1. The highest BCUT2D eigenvalue weighted by Gasteiger charge is 2.18. The lowest BCUT2D eigenvalue weighted by Crippen LogP contribution is -2.12. The van der Waals surface area contributed by atoms with Crippen molar-refractivity contribution in [2.75, 3.05) is 23.9 Å². The van der Waals surface area contributed by atoms with E-state index < -0.39 is 0 Å². The zero-order valence-electron chi connectivity index (χ0n) is 11.7. The summed E-state index contributed by atoms with van der Waals surface area (Å²) in [7, 11) is 1.57. The first kappa shape index (κ1) is 13.7. The van der Waals surface area contributed by atoms with E-state index in [1.165, 1.54) is 6.26 Å². The van der Waals surface area contributed by atoms with Crippen LogP contribution in [0.4, 0.5) is 17.5 Å². The van der Waals surface area contributed by atoms with Crippen LogP contribution in [0, 0.1) is 0 Å². The third kappa shape index (κ3) is 2.37. The van der Waals surface area contributed by atoms with Gasteiger partial charge in [0, 0.05) is 5.69 Å². The van der Waals surface area contributed by atoms with Crippen molar-refractivity contribution in [2.45, 2.75) is 0 Å². The van der Waals surface area contributed by atoms with Crippen LogP contribution in [0.5, 0.6) is 5.75 Å². The molecule has 0 radical (unpaired) electrons. The minimum Gasteiger partial charge on any atom is -0.497 e. The number of carbonyl (C=O) groups excluding carboxylic acids is 1. The van der Waals surface area contributed by atoms with Crippen molar-refractivity contribution < 1.29 is 13.9 Å². The topological polar surface area (TPSA) is 129 Å². The van der Waals surface area contributed by atoms with Crippen LogP contribution >= 0.6 is 0 Å². The van der Waals surface area contributed by atoms with Gasteiger partial charge in [-0.15, -0.1) is 0 Å². The first-order valence-corrected chi connectivity index (χ1v) is 6.34. The van der Waals surface area contributed by atoms with Crippen LogP contribution in [0.1, 0.15) is 10.4 Å². The molecule has 8 nitrogen and oxygen atoms in total. The summed E-state index contributed by atoms with van der Waals surface area (Å²) in [4.78, 5) is 20.1. The van der Waals surface area contributed by atoms with Gasteiger partial charge in [0.1, 0.15) is 17.8 Å². The van der Waals surface area contributed by atoms with E-state index in [2.05, 4.69) is 15.3 Å². The highest BCUT2D eigenvalue weighted by molar-refractivity contribution is 6.14. The maximum atomic E-state index is 12.3. The second-order valence-electron chi connectivity index (χ2n) is 4.48. The predicted molar refractivity (Wildman–Crippen MR) is 81.6 cm³/mol. The maximum absolute atomic E-state index is 12.3. The second kappa shape index (κ2) is 5.24. The van der Waals surface area contributed by atoms with Crippen molar-refractivity contribution in [2.24, 2.45) is 0 Å². The summed E-state index contributed by atoms with van der Waals surface area (Å²) in [5.74, 6) is 0.390. The number of rotatable bonds is 3. The Bertz CT molecular complexity index is 842. The molecule has 0 aliphatic heterocycles. The number of aromatic nitrogens is 2. The molecule has 0 aliphatic rings. The van der Waals surface area contributed by atoms with Crippen molar-refractivity contribution in [3.8, 4) is 5.75 Å². The number of ether oxygens (including phenoxy) is 1. The molecule has 1 amide bonds. The second-order valence-corrected chi connectivity index (χ2v) is 4.48. The molecular formula is C14H13N5O3. The number of methoxy groups -OCH3 is 1. The fraction of sp³-hybridized carbons (Fsp3) is 0.0714. The van der Waals surface area contributed by atoms with Gasteiger partial charge < -0.3 is 25.9 Å². The minimum atomic E-state index is -0.385. The first-order chi connectivity index (χ1) is 10.6. The number of nitrogen functional groups attached to an aromatic ring is 2. The number of nitrogens with two attached hydrogens (primary N) is 2. The Hall–Kier alpha value is -3.29. The molecule has 0 bridgehead atoms. The van der Waals surface area contributed by atoms with Crippen LogP contribution < -0.4 is 21.5 Å². The van der Waals surface area contributed by atoms with Crippen LogP contribution in [-0.2, 0) is 0 Å². The molecule has 0 atom stereocenters. The highest BCUT2D eigenvalue weighted by Crippen LogP contribution is 2.26. The van der Waals surface area contributed by atoms with Crippen LogP contribution in [0.3, 0.4) is 0 Å². The first-order valence-electron chi connectivity index (χ1n) is 6.34. The van der Waals surface area contributed by atoms with Gasteiger partial charge in [-0.1, -0.05) is 0 Å². The fourth-order valence-corrected chi connectivity index (χ4v) is 2.03. The zero-order chi connectivity index (χ0) is 15.7.